The number of carbonyl (C=O) groups is 1. The second-order valence-corrected chi connectivity index (χ2v) is 7.47. The SMILES string of the molecule is COC(=O)C[C@H](CCc1ccccc1)C1SCCS1. The lowest BCUT2D eigenvalue weighted by Crippen LogP contribution is -2.18. The topological polar surface area (TPSA) is 26.3 Å². The molecule has 2 nitrogen and oxygen atoms in total. The molecule has 4 heteroatoms. The molecule has 0 aliphatic carbocycles. The van der Waals surface area contributed by atoms with Gasteiger partial charge < -0.3 is 4.74 Å². The number of benzene rings is 1. The Kier molecular flexibility index (Phi) is 6.11. The fourth-order valence-corrected chi connectivity index (χ4v) is 5.48. The maximum absolute atomic E-state index is 11.5. The Morgan fingerprint density at radius 3 is 2.63 bits per heavy atom. The second kappa shape index (κ2) is 7.85. The van der Waals surface area contributed by atoms with E-state index >= 15 is 0 Å². The van der Waals surface area contributed by atoms with E-state index in [-0.39, 0.29) is 5.97 Å². The summed E-state index contributed by atoms with van der Waals surface area (Å²) in [7, 11) is 1.48. The van der Waals surface area contributed by atoms with Crippen molar-refractivity contribution in [2.45, 2.75) is 23.8 Å². The van der Waals surface area contributed by atoms with E-state index in [1.165, 1.54) is 24.2 Å². The molecule has 1 aromatic rings. The van der Waals surface area contributed by atoms with Crippen LogP contribution in [0.15, 0.2) is 30.3 Å². The summed E-state index contributed by atoms with van der Waals surface area (Å²) in [6, 6.07) is 10.5. The van der Waals surface area contributed by atoms with Gasteiger partial charge in [-0.2, -0.15) is 0 Å². The molecule has 0 saturated carbocycles. The highest BCUT2D eigenvalue weighted by Gasteiger charge is 2.28. The first kappa shape index (κ1) is 14.8. The van der Waals surface area contributed by atoms with Gasteiger partial charge in [-0.1, -0.05) is 30.3 Å². The number of hydrogen-bond donors (Lipinski definition) is 0. The van der Waals surface area contributed by atoms with Gasteiger partial charge in [-0.05, 0) is 24.3 Å². The molecule has 0 amide bonds. The van der Waals surface area contributed by atoms with Crippen LogP contribution in [-0.4, -0.2) is 29.2 Å². The van der Waals surface area contributed by atoms with Gasteiger partial charge in [-0.3, -0.25) is 4.79 Å². The van der Waals surface area contributed by atoms with E-state index < -0.39 is 0 Å². The van der Waals surface area contributed by atoms with Crippen LogP contribution >= 0.6 is 23.5 Å². The Labute approximate surface area is 123 Å². The number of carbonyl (C=O) groups excluding carboxylic acids is 1. The van der Waals surface area contributed by atoms with Crippen LogP contribution in [0.4, 0.5) is 0 Å². The molecule has 1 saturated heterocycles. The molecule has 104 valence electrons. The highest BCUT2D eigenvalue weighted by molar-refractivity contribution is 8.20. The molecular formula is C15H20O2S2. The summed E-state index contributed by atoms with van der Waals surface area (Å²) >= 11 is 3.99. The molecule has 19 heavy (non-hydrogen) atoms. The van der Waals surface area contributed by atoms with Crippen molar-refractivity contribution in [2.75, 3.05) is 18.6 Å². The van der Waals surface area contributed by atoms with Crippen molar-refractivity contribution >= 4 is 29.5 Å². The fraction of sp³-hybridized carbons (Fsp3) is 0.533. The molecule has 2 rings (SSSR count). The van der Waals surface area contributed by atoms with Gasteiger partial charge in [0, 0.05) is 11.5 Å². The first-order valence-electron chi connectivity index (χ1n) is 6.63. The van der Waals surface area contributed by atoms with Crippen LogP contribution in [0.5, 0.6) is 0 Å². The summed E-state index contributed by atoms with van der Waals surface area (Å²) in [5, 5.41) is 0. The largest absolute Gasteiger partial charge is 0.469 e. The zero-order chi connectivity index (χ0) is 13.5. The Bertz CT molecular complexity index is 388. The van der Waals surface area contributed by atoms with E-state index in [2.05, 4.69) is 24.3 Å². The summed E-state index contributed by atoms with van der Waals surface area (Å²) < 4.78 is 5.39. The van der Waals surface area contributed by atoms with Crippen molar-refractivity contribution in [3.05, 3.63) is 35.9 Å². The van der Waals surface area contributed by atoms with E-state index in [9.17, 15) is 4.79 Å². The molecule has 0 aromatic heterocycles. The van der Waals surface area contributed by atoms with Crippen molar-refractivity contribution < 1.29 is 9.53 Å². The number of thioether (sulfide) groups is 2. The molecular weight excluding hydrogens is 276 g/mol. The van der Waals surface area contributed by atoms with Crippen LogP contribution in [0.1, 0.15) is 18.4 Å². The summed E-state index contributed by atoms with van der Waals surface area (Å²) in [6.45, 7) is 0. The highest BCUT2D eigenvalue weighted by Crippen LogP contribution is 2.40. The lowest BCUT2D eigenvalue weighted by molar-refractivity contribution is -0.141. The molecule has 0 spiro atoms. The minimum atomic E-state index is -0.0776. The highest BCUT2D eigenvalue weighted by atomic mass is 32.2. The zero-order valence-corrected chi connectivity index (χ0v) is 12.8. The molecule has 0 bridgehead atoms. The van der Waals surface area contributed by atoms with E-state index in [0.29, 0.717) is 16.9 Å². The minimum Gasteiger partial charge on any atom is -0.469 e. The lowest BCUT2D eigenvalue weighted by atomic mass is 9.98. The number of esters is 1. The van der Waals surface area contributed by atoms with Gasteiger partial charge in [0.1, 0.15) is 0 Å². The fourth-order valence-electron chi connectivity index (χ4n) is 2.28. The van der Waals surface area contributed by atoms with Crippen molar-refractivity contribution in [2.24, 2.45) is 5.92 Å². The third-order valence-electron chi connectivity index (χ3n) is 3.34. The van der Waals surface area contributed by atoms with E-state index in [0.717, 1.165) is 12.8 Å². The average molecular weight is 296 g/mol. The molecule has 0 radical (unpaired) electrons. The van der Waals surface area contributed by atoms with Crippen molar-refractivity contribution in [3.63, 3.8) is 0 Å². The molecule has 1 atom stereocenters. The van der Waals surface area contributed by atoms with Crippen molar-refractivity contribution in [1.82, 2.24) is 0 Å². The Morgan fingerprint density at radius 2 is 2.00 bits per heavy atom. The first-order chi connectivity index (χ1) is 9.29. The van der Waals surface area contributed by atoms with Crippen molar-refractivity contribution in [3.8, 4) is 0 Å². The lowest BCUT2D eigenvalue weighted by Gasteiger charge is -2.21. The molecule has 1 fully saturated rings. The number of methoxy groups -OCH3 is 1. The summed E-state index contributed by atoms with van der Waals surface area (Å²) in [6.07, 6.45) is 2.65. The monoisotopic (exact) mass is 296 g/mol. The van der Waals surface area contributed by atoms with Crippen LogP contribution in [0.25, 0.3) is 0 Å². The van der Waals surface area contributed by atoms with Crippen LogP contribution in [-0.2, 0) is 16.0 Å². The standard InChI is InChI=1S/C15H20O2S2/c1-17-14(16)11-13(15-18-9-10-19-15)8-7-12-5-3-2-4-6-12/h2-6,13,15H,7-11H2,1H3/t13-/m0/s1. The normalized spacial score (nSPS) is 17.3. The Morgan fingerprint density at radius 1 is 1.32 bits per heavy atom. The van der Waals surface area contributed by atoms with Gasteiger partial charge in [-0.15, -0.1) is 23.5 Å². The zero-order valence-electron chi connectivity index (χ0n) is 11.2. The molecule has 1 heterocycles. The summed E-state index contributed by atoms with van der Waals surface area (Å²) in [5.41, 5.74) is 1.35. The second-order valence-electron chi connectivity index (χ2n) is 4.67. The van der Waals surface area contributed by atoms with Crippen molar-refractivity contribution in [1.29, 1.82) is 0 Å². The number of hydrogen-bond acceptors (Lipinski definition) is 4. The Hall–Kier alpha value is -0.610. The number of rotatable bonds is 6. The quantitative estimate of drug-likeness (QED) is 0.749. The van der Waals surface area contributed by atoms with Crippen LogP contribution in [0.3, 0.4) is 0 Å². The third-order valence-corrected chi connectivity index (χ3v) is 6.72. The molecule has 1 aliphatic heterocycles. The van der Waals surface area contributed by atoms with Crippen LogP contribution in [0, 0.1) is 5.92 Å². The maximum Gasteiger partial charge on any atom is 0.305 e. The number of aryl methyl sites for hydroxylation is 1. The van der Waals surface area contributed by atoms with E-state index in [4.69, 9.17) is 4.74 Å². The number of ether oxygens (including phenoxy) is 1. The molecule has 1 aliphatic rings. The molecule has 1 aromatic carbocycles. The first-order valence-corrected chi connectivity index (χ1v) is 8.73. The molecule has 0 N–H and O–H groups in total. The predicted octanol–water partition coefficient (Wildman–Crippen LogP) is 3.60. The van der Waals surface area contributed by atoms with Gasteiger partial charge in [-0.25, -0.2) is 0 Å². The van der Waals surface area contributed by atoms with Gasteiger partial charge >= 0.3 is 5.97 Å². The van der Waals surface area contributed by atoms with E-state index in [1.54, 1.807) is 0 Å². The maximum atomic E-state index is 11.5. The van der Waals surface area contributed by atoms with Gasteiger partial charge in [0.2, 0.25) is 0 Å². The van der Waals surface area contributed by atoms with Gasteiger partial charge in [0.15, 0.2) is 0 Å². The predicted molar refractivity (Wildman–Crippen MR) is 83.6 cm³/mol. The van der Waals surface area contributed by atoms with E-state index in [1.807, 2.05) is 29.6 Å². The third kappa shape index (κ3) is 4.77. The average Bonchev–Trinajstić information content (AvgIpc) is 2.98. The summed E-state index contributed by atoms with van der Waals surface area (Å²) in [4.78, 5) is 11.5. The van der Waals surface area contributed by atoms with Crippen LogP contribution < -0.4 is 0 Å². The van der Waals surface area contributed by atoms with Crippen LogP contribution in [0.2, 0.25) is 0 Å². The smallest absolute Gasteiger partial charge is 0.305 e. The minimum absolute atomic E-state index is 0.0776. The van der Waals surface area contributed by atoms with Gasteiger partial charge in [0.05, 0.1) is 18.1 Å². The Balaban J connectivity index is 1.91. The van der Waals surface area contributed by atoms with Gasteiger partial charge in [0.25, 0.3) is 0 Å². The molecule has 0 unspecified atom stereocenters. The summed E-state index contributed by atoms with van der Waals surface area (Å²) in [5.74, 6) is 2.76.